The second-order valence-electron chi connectivity index (χ2n) is 6.19. The van der Waals surface area contributed by atoms with Gasteiger partial charge in [-0.15, -0.1) is 0 Å². The first kappa shape index (κ1) is 17.6. The molecule has 0 spiro atoms. The molecule has 118 valence electrons. The highest BCUT2D eigenvalue weighted by Crippen LogP contribution is 2.31. The minimum Gasteiger partial charge on any atom is -0.369 e. The van der Waals surface area contributed by atoms with Crippen LogP contribution < -0.4 is 5.73 Å². The molecule has 1 aromatic rings. The van der Waals surface area contributed by atoms with Crippen molar-refractivity contribution in [1.82, 2.24) is 9.88 Å². The van der Waals surface area contributed by atoms with Crippen LogP contribution in [0.25, 0.3) is 0 Å². The van der Waals surface area contributed by atoms with E-state index in [1.165, 1.54) is 0 Å². The fourth-order valence-corrected chi connectivity index (χ4v) is 2.99. The van der Waals surface area contributed by atoms with E-state index < -0.39 is 5.41 Å². The minimum atomic E-state index is -0.677. The normalized spacial score (nSPS) is 14.7. The number of amides is 1. The number of pyridine rings is 1. The zero-order valence-electron chi connectivity index (χ0n) is 14.0. The Morgan fingerprint density at radius 2 is 1.90 bits per heavy atom. The minimum absolute atomic E-state index is 0.281. The average molecular weight is 291 g/mol. The molecule has 4 nitrogen and oxygen atoms in total. The summed E-state index contributed by atoms with van der Waals surface area (Å²) in [6.07, 6.45) is 3.10. The van der Waals surface area contributed by atoms with Crippen molar-refractivity contribution in [3.63, 3.8) is 0 Å². The number of aromatic nitrogens is 1. The first-order chi connectivity index (χ1) is 9.85. The molecule has 1 rings (SSSR count). The van der Waals surface area contributed by atoms with E-state index in [1.807, 2.05) is 25.1 Å². The summed E-state index contributed by atoms with van der Waals surface area (Å²) in [6.45, 7) is 11.6. The van der Waals surface area contributed by atoms with Gasteiger partial charge in [-0.1, -0.05) is 13.0 Å². The third-order valence-corrected chi connectivity index (χ3v) is 4.35. The van der Waals surface area contributed by atoms with Gasteiger partial charge in [-0.2, -0.15) is 0 Å². The predicted molar refractivity (Wildman–Crippen MR) is 87.0 cm³/mol. The Labute approximate surface area is 128 Å². The van der Waals surface area contributed by atoms with E-state index in [9.17, 15) is 4.79 Å². The van der Waals surface area contributed by atoms with Crippen molar-refractivity contribution in [3.05, 3.63) is 30.1 Å². The Morgan fingerprint density at radius 3 is 2.29 bits per heavy atom. The molecule has 1 atom stereocenters. The third kappa shape index (κ3) is 4.03. The van der Waals surface area contributed by atoms with Crippen LogP contribution in [0.15, 0.2) is 24.4 Å². The quantitative estimate of drug-likeness (QED) is 0.801. The SMILES string of the molecule is CC[C@](CCN(C(C)C)C(C)C)(C(N)=O)c1ccccn1. The summed E-state index contributed by atoms with van der Waals surface area (Å²) in [5, 5.41) is 0. The van der Waals surface area contributed by atoms with Gasteiger partial charge in [0.1, 0.15) is 0 Å². The molecule has 0 saturated carbocycles. The van der Waals surface area contributed by atoms with Crippen LogP contribution in [0.2, 0.25) is 0 Å². The highest BCUT2D eigenvalue weighted by molar-refractivity contribution is 5.86. The molecule has 0 unspecified atom stereocenters. The zero-order valence-corrected chi connectivity index (χ0v) is 14.0. The van der Waals surface area contributed by atoms with E-state index in [-0.39, 0.29) is 5.91 Å². The first-order valence-electron chi connectivity index (χ1n) is 7.82. The maximum atomic E-state index is 12.2. The van der Waals surface area contributed by atoms with Crippen LogP contribution in [0.3, 0.4) is 0 Å². The predicted octanol–water partition coefficient (Wildman–Crippen LogP) is 2.72. The molecule has 1 heterocycles. The van der Waals surface area contributed by atoms with Gasteiger partial charge in [-0.05, 0) is 52.7 Å². The van der Waals surface area contributed by atoms with E-state index in [2.05, 4.69) is 37.6 Å². The van der Waals surface area contributed by atoms with Crippen molar-refractivity contribution in [2.24, 2.45) is 5.73 Å². The van der Waals surface area contributed by atoms with Crippen molar-refractivity contribution < 1.29 is 4.79 Å². The van der Waals surface area contributed by atoms with E-state index in [0.717, 1.165) is 12.2 Å². The fourth-order valence-electron chi connectivity index (χ4n) is 2.99. The molecule has 2 N–H and O–H groups in total. The number of carbonyl (C=O) groups is 1. The maximum Gasteiger partial charge on any atom is 0.229 e. The molecule has 0 aliphatic heterocycles. The van der Waals surface area contributed by atoms with Gasteiger partial charge in [0.2, 0.25) is 5.91 Å². The number of primary amides is 1. The maximum absolute atomic E-state index is 12.2. The second-order valence-corrected chi connectivity index (χ2v) is 6.19. The molecule has 0 radical (unpaired) electrons. The lowest BCUT2D eigenvalue weighted by Crippen LogP contribution is -2.46. The van der Waals surface area contributed by atoms with Crippen molar-refractivity contribution >= 4 is 5.91 Å². The van der Waals surface area contributed by atoms with Gasteiger partial charge in [0.15, 0.2) is 0 Å². The standard InChI is InChI=1S/C17H29N3O/c1-6-17(16(18)21,15-9-7-8-11-19-15)10-12-20(13(2)3)14(4)5/h7-9,11,13-14H,6,10,12H2,1-5H3,(H2,18,21)/t17-/m1/s1. The molecule has 0 fully saturated rings. The summed E-state index contributed by atoms with van der Waals surface area (Å²) in [6, 6.07) is 6.56. The Morgan fingerprint density at radius 1 is 1.29 bits per heavy atom. The summed E-state index contributed by atoms with van der Waals surface area (Å²) in [7, 11) is 0. The third-order valence-electron chi connectivity index (χ3n) is 4.35. The Bertz CT molecular complexity index is 437. The van der Waals surface area contributed by atoms with Crippen LogP contribution in [-0.2, 0) is 10.2 Å². The lowest BCUT2D eigenvalue weighted by Gasteiger charge is -2.35. The van der Waals surface area contributed by atoms with Crippen molar-refractivity contribution in [3.8, 4) is 0 Å². The molecular formula is C17H29N3O. The van der Waals surface area contributed by atoms with E-state index in [4.69, 9.17) is 5.73 Å². The number of nitrogens with zero attached hydrogens (tertiary/aromatic N) is 2. The monoisotopic (exact) mass is 291 g/mol. The summed E-state index contributed by atoms with van der Waals surface area (Å²) in [4.78, 5) is 18.9. The summed E-state index contributed by atoms with van der Waals surface area (Å²) < 4.78 is 0. The zero-order chi connectivity index (χ0) is 16.0. The topological polar surface area (TPSA) is 59.2 Å². The molecule has 4 heteroatoms. The summed E-state index contributed by atoms with van der Waals surface area (Å²) in [5.74, 6) is -0.281. The molecule has 1 amide bonds. The summed E-state index contributed by atoms with van der Waals surface area (Å²) >= 11 is 0. The van der Waals surface area contributed by atoms with Gasteiger partial charge in [0.25, 0.3) is 0 Å². The van der Waals surface area contributed by atoms with Gasteiger partial charge in [-0.3, -0.25) is 14.7 Å². The summed E-state index contributed by atoms with van der Waals surface area (Å²) in [5.41, 5.74) is 5.86. The lowest BCUT2D eigenvalue weighted by atomic mass is 9.77. The lowest BCUT2D eigenvalue weighted by molar-refractivity contribution is -0.124. The Kier molecular flexibility index (Phi) is 6.34. The van der Waals surface area contributed by atoms with Crippen LogP contribution in [0.1, 0.15) is 53.2 Å². The molecule has 0 saturated heterocycles. The van der Waals surface area contributed by atoms with Crippen molar-refractivity contribution in [1.29, 1.82) is 0 Å². The first-order valence-corrected chi connectivity index (χ1v) is 7.82. The van der Waals surface area contributed by atoms with Gasteiger partial charge in [-0.25, -0.2) is 0 Å². The van der Waals surface area contributed by atoms with Gasteiger partial charge >= 0.3 is 0 Å². The number of hydrogen-bond acceptors (Lipinski definition) is 3. The Balaban J connectivity index is 3.02. The molecular weight excluding hydrogens is 262 g/mol. The largest absolute Gasteiger partial charge is 0.369 e. The average Bonchev–Trinajstić information content (AvgIpc) is 2.43. The van der Waals surface area contributed by atoms with E-state index in [0.29, 0.717) is 24.9 Å². The molecule has 0 aromatic carbocycles. The smallest absolute Gasteiger partial charge is 0.229 e. The molecule has 0 aliphatic carbocycles. The van der Waals surface area contributed by atoms with Crippen molar-refractivity contribution in [2.75, 3.05) is 6.54 Å². The van der Waals surface area contributed by atoms with Crippen LogP contribution in [-0.4, -0.2) is 34.4 Å². The van der Waals surface area contributed by atoms with Crippen molar-refractivity contribution in [2.45, 2.75) is 65.0 Å². The van der Waals surface area contributed by atoms with E-state index >= 15 is 0 Å². The highest BCUT2D eigenvalue weighted by Gasteiger charge is 2.38. The second kappa shape index (κ2) is 7.55. The number of hydrogen-bond donors (Lipinski definition) is 1. The van der Waals surface area contributed by atoms with Crippen LogP contribution in [0, 0.1) is 0 Å². The Hall–Kier alpha value is -1.42. The number of carbonyl (C=O) groups excluding carboxylic acids is 1. The van der Waals surface area contributed by atoms with Crippen LogP contribution >= 0.6 is 0 Å². The van der Waals surface area contributed by atoms with E-state index in [1.54, 1.807) is 6.20 Å². The van der Waals surface area contributed by atoms with Crippen LogP contribution in [0.5, 0.6) is 0 Å². The van der Waals surface area contributed by atoms with Crippen LogP contribution in [0.4, 0.5) is 0 Å². The van der Waals surface area contributed by atoms with Gasteiger partial charge in [0, 0.05) is 24.8 Å². The molecule has 0 bridgehead atoms. The number of nitrogens with two attached hydrogens (primary N) is 1. The van der Waals surface area contributed by atoms with Gasteiger partial charge < -0.3 is 5.73 Å². The fraction of sp³-hybridized carbons (Fsp3) is 0.647. The molecule has 21 heavy (non-hydrogen) atoms. The molecule has 1 aromatic heterocycles. The molecule has 0 aliphatic rings. The van der Waals surface area contributed by atoms with Gasteiger partial charge in [0.05, 0.1) is 11.1 Å². The highest BCUT2D eigenvalue weighted by atomic mass is 16.1. The number of rotatable bonds is 8.